The Hall–Kier alpha value is -2.30. The zero-order valence-electron chi connectivity index (χ0n) is 12.5. The van der Waals surface area contributed by atoms with E-state index in [0.29, 0.717) is 5.78 Å². The third-order valence-electron chi connectivity index (χ3n) is 4.46. The molecule has 0 aromatic carbocycles. The average Bonchev–Trinajstić information content (AvgIpc) is 3.22. The van der Waals surface area contributed by atoms with Crippen LogP contribution < -0.4 is 0 Å². The van der Waals surface area contributed by atoms with Crippen molar-refractivity contribution in [3.05, 3.63) is 42.5 Å². The highest BCUT2D eigenvalue weighted by atomic mass is 15.3. The fraction of sp³-hybridized carbons (Fsp3) is 0.412. The van der Waals surface area contributed by atoms with Crippen LogP contribution >= 0.6 is 0 Å². The minimum absolute atomic E-state index is 0.657. The van der Waals surface area contributed by atoms with Crippen LogP contribution in [-0.4, -0.2) is 24.6 Å². The number of pyridine rings is 1. The predicted octanol–water partition coefficient (Wildman–Crippen LogP) is 3.31. The standard InChI is InChI=1S/C17H19N5/c1-2-6-13(5-1)8-9-16-20-17-19-12-10-15(22(17)21-16)14-7-3-4-11-18-14/h3-4,7,10-13H,1-2,5-6,8-9H2. The van der Waals surface area contributed by atoms with Gasteiger partial charge in [0.15, 0.2) is 5.82 Å². The van der Waals surface area contributed by atoms with Crippen LogP contribution in [0, 0.1) is 5.92 Å². The normalized spacial score (nSPS) is 15.6. The summed E-state index contributed by atoms with van der Waals surface area (Å²) in [5.74, 6) is 2.40. The Balaban J connectivity index is 1.63. The van der Waals surface area contributed by atoms with Crippen molar-refractivity contribution in [2.24, 2.45) is 5.92 Å². The molecule has 3 aromatic rings. The highest BCUT2D eigenvalue weighted by Gasteiger charge is 2.16. The van der Waals surface area contributed by atoms with Crippen LogP contribution in [0.15, 0.2) is 36.7 Å². The van der Waals surface area contributed by atoms with Crippen molar-refractivity contribution in [3.8, 4) is 11.4 Å². The largest absolute Gasteiger partial charge is 0.255 e. The van der Waals surface area contributed by atoms with E-state index in [9.17, 15) is 0 Å². The second-order valence-corrected chi connectivity index (χ2v) is 5.97. The highest BCUT2D eigenvalue weighted by Crippen LogP contribution is 2.28. The Morgan fingerprint density at radius 1 is 1.05 bits per heavy atom. The van der Waals surface area contributed by atoms with E-state index >= 15 is 0 Å². The van der Waals surface area contributed by atoms with Crippen molar-refractivity contribution in [1.29, 1.82) is 0 Å². The molecule has 112 valence electrons. The Bertz CT molecular complexity index is 759. The lowest BCUT2D eigenvalue weighted by molar-refractivity contribution is 0.497. The van der Waals surface area contributed by atoms with E-state index in [1.54, 1.807) is 12.4 Å². The number of rotatable bonds is 4. The first-order valence-corrected chi connectivity index (χ1v) is 8.02. The summed E-state index contributed by atoms with van der Waals surface area (Å²) in [6.07, 6.45) is 11.2. The molecule has 0 bridgehead atoms. The van der Waals surface area contributed by atoms with E-state index in [1.807, 2.05) is 28.8 Å². The molecule has 0 saturated heterocycles. The van der Waals surface area contributed by atoms with Gasteiger partial charge in [0.05, 0.1) is 11.4 Å². The maximum Gasteiger partial charge on any atom is 0.252 e. The Morgan fingerprint density at radius 3 is 2.77 bits per heavy atom. The third-order valence-corrected chi connectivity index (χ3v) is 4.46. The van der Waals surface area contributed by atoms with E-state index in [0.717, 1.165) is 29.6 Å². The first-order valence-electron chi connectivity index (χ1n) is 8.02. The molecule has 0 aliphatic heterocycles. The number of aryl methyl sites for hydroxylation is 1. The van der Waals surface area contributed by atoms with E-state index in [4.69, 9.17) is 0 Å². The molecule has 22 heavy (non-hydrogen) atoms. The molecule has 0 spiro atoms. The first kappa shape index (κ1) is 13.4. The van der Waals surface area contributed by atoms with Crippen LogP contribution in [0.3, 0.4) is 0 Å². The fourth-order valence-electron chi connectivity index (χ4n) is 3.28. The Morgan fingerprint density at radius 2 is 1.95 bits per heavy atom. The summed E-state index contributed by atoms with van der Waals surface area (Å²) in [6, 6.07) is 7.81. The van der Waals surface area contributed by atoms with Crippen molar-refractivity contribution in [2.45, 2.75) is 38.5 Å². The van der Waals surface area contributed by atoms with Crippen LogP contribution in [0.5, 0.6) is 0 Å². The first-order chi connectivity index (χ1) is 10.9. The lowest BCUT2D eigenvalue weighted by Crippen LogP contribution is -1.99. The van der Waals surface area contributed by atoms with Crippen molar-refractivity contribution in [1.82, 2.24) is 24.6 Å². The molecular weight excluding hydrogens is 274 g/mol. The van der Waals surface area contributed by atoms with Crippen molar-refractivity contribution in [3.63, 3.8) is 0 Å². The van der Waals surface area contributed by atoms with E-state index in [1.165, 1.54) is 32.1 Å². The quantitative estimate of drug-likeness (QED) is 0.740. The van der Waals surface area contributed by atoms with Gasteiger partial charge in [-0.1, -0.05) is 31.7 Å². The van der Waals surface area contributed by atoms with Crippen molar-refractivity contribution < 1.29 is 0 Å². The number of hydrogen-bond donors (Lipinski definition) is 0. The van der Waals surface area contributed by atoms with E-state index in [-0.39, 0.29) is 0 Å². The van der Waals surface area contributed by atoms with Gasteiger partial charge in [-0.05, 0) is 30.5 Å². The molecule has 5 nitrogen and oxygen atoms in total. The molecule has 0 N–H and O–H groups in total. The van der Waals surface area contributed by atoms with Crippen molar-refractivity contribution in [2.75, 3.05) is 0 Å². The van der Waals surface area contributed by atoms with E-state index in [2.05, 4.69) is 20.1 Å². The lowest BCUT2D eigenvalue weighted by atomic mass is 10.0. The fourth-order valence-corrected chi connectivity index (χ4v) is 3.28. The monoisotopic (exact) mass is 293 g/mol. The summed E-state index contributed by atoms with van der Waals surface area (Å²) in [7, 11) is 0. The molecule has 3 aromatic heterocycles. The molecule has 0 unspecified atom stereocenters. The number of nitrogens with zero attached hydrogens (tertiary/aromatic N) is 5. The van der Waals surface area contributed by atoms with Gasteiger partial charge in [0.25, 0.3) is 5.78 Å². The molecule has 1 aliphatic rings. The Labute approximate surface area is 129 Å². The molecule has 0 radical (unpaired) electrons. The maximum absolute atomic E-state index is 4.65. The molecule has 0 amide bonds. The van der Waals surface area contributed by atoms with Crippen LogP contribution in [0.2, 0.25) is 0 Å². The van der Waals surface area contributed by atoms with Gasteiger partial charge in [0.2, 0.25) is 0 Å². The smallest absolute Gasteiger partial charge is 0.252 e. The second kappa shape index (κ2) is 5.83. The van der Waals surface area contributed by atoms with Gasteiger partial charge >= 0.3 is 0 Å². The predicted molar refractivity (Wildman–Crippen MR) is 84.3 cm³/mol. The molecule has 1 fully saturated rings. The minimum Gasteiger partial charge on any atom is -0.255 e. The molecule has 4 rings (SSSR count). The highest BCUT2D eigenvalue weighted by molar-refractivity contribution is 5.56. The third kappa shape index (κ3) is 2.58. The number of fused-ring (bicyclic) bond motifs is 1. The molecule has 0 atom stereocenters. The SMILES string of the molecule is c1ccc(-c2ccnc3nc(CCC4CCCC4)nn23)nc1. The topological polar surface area (TPSA) is 56.0 Å². The van der Waals surface area contributed by atoms with Gasteiger partial charge in [-0.3, -0.25) is 4.98 Å². The Kier molecular flexibility index (Phi) is 3.54. The summed E-state index contributed by atoms with van der Waals surface area (Å²) in [4.78, 5) is 13.3. The van der Waals surface area contributed by atoms with Gasteiger partial charge in [0.1, 0.15) is 0 Å². The molecule has 3 heterocycles. The van der Waals surface area contributed by atoms with Crippen LogP contribution in [0.25, 0.3) is 17.2 Å². The number of aromatic nitrogens is 5. The maximum atomic E-state index is 4.65. The average molecular weight is 293 g/mol. The van der Waals surface area contributed by atoms with Crippen LogP contribution in [-0.2, 0) is 6.42 Å². The molecule has 1 saturated carbocycles. The minimum atomic E-state index is 0.657. The molecular formula is C17H19N5. The van der Waals surface area contributed by atoms with E-state index < -0.39 is 0 Å². The summed E-state index contributed by atoms with van der Waals surface area (Å²) < 4.78 is 1.81. The molecule has 5 heteroatoms. The summed E-state index contributed by atoms with van der Waals surface area (Å²) in [5, 5.41) is 4.65. The van der Waals surface area contributed by atoms with Crippen LogP contribution in [0.4, 0.5) is 0 Å². The van der Waals surface area contributed by atoms with Gasteiger partial charge in [-0.25, -0.2) is 4.98 Å². The van der Waals surface area contributed by atoms with Gasteiger partial charge < -0.3 is 0 Å². The zero-order chi connectivity index (χ0) is 14.8. The second-order valence-electron chi connectivity index (χ2n) is 5.97. The van der Waals surface area contributed by atoms with Gasteiger partial charge in [0, 0.05) is 18.8 Å². The van der Waals surface area contributed by atoms with Crippen LogP contribution in [0.1, 0.15) is 37.9 Å². The summed E-state index contributed by atoms with van der Waals surface area (Å²) in [6.45, 7) is 0. The summed E-state index contributed by atoms with van der Waals surface area (Å²) in [5.41, 5.74) is 1.83. The van der Waals surface area contributed by atoms with Gasteiger partial charge in [-0.15, -0.1) is 5.10 Å². The zero-order valence-corrected chi connectivity index (χ0v) is 12.5. The summed E-state index contributed by atoms with van der Waals surface area (Å²) >= 11 is 0. The van der Waals surface area contributed by atoms with Gasteiger partial charge in [-0.2, -0.15) is 9.50 Å². The van der Waals surface area contributed by atoms with Crippen molar-refractivity contribution >= 4 is 5.78 Å². The molecule has 1 aliphatic carbocycles. The number of hydrogen-bond acceptors (Lipinski definition) is 4. The lowest BCUT2D eigenvalue weighted by Gasteiger charge is -2.05.